The molecule has 0 saturated carbocycles. The van der Waals surface area contributed by atoms with Crippen molar-refractivity contribution >= 4 is 0 Å². The first-order chi connectivity index (χ1) is 10.4. The summed E-state index contributed by atoms with van der Waals surface area (Å²) in [4.78, 5) is 0. The van der Waals surface area contributed by atoms with Gasteiger partial charge in [0.15, 0.2) is 0 Å². The van der Waals surface area contributed by atoms with Crippen LogP contribution in [0.1, 0.15) is 59.8 Å². The number of hydrogen-bond acceptors (Lipinski definition) is 2. The molecule has 1 aliphatic carbocycles. The average Bonchev–Trinajstić information content (AvgIpc) is 2.46. The Morgan fingerprint density at radius 3 is 2.68 bits per heavy atom. The zero-order chi connectivity index (χ0) is 16.6. The summed E-state index contributed by atoms with van der Waals surface area (Å²) in [5, 5.41) is 17.9. The molecule has 0 aromatic heterocycles. The largest absolute Gasteiger partial charge is 0.396 e. The molecule has 0 aromatic rings. The van der Waals surface area contributed by atoms with Crippen molar-refractivity contribution in [2.45, 2.75) is 59.8 Å². The molecule has 22 heavy (non-hydrogen) atoms. The van der Waals surface area contributed by atoms with E-state index in [-0.39, 0.29) is 12.0 Å². The Morgan fingerprint density at radius 2 is 2.09 bits per heavy atom. The lowest BCUT2D eigenvalue weighted by molar-refractivity contribution is 0.289. The minimum Gasteiger partial charge on any atom is -0.396 e. The highest BCUT2D eigenvalue weighted by Crippen LogP contribution is 2.40. The molecule has 0 radical (unpaired) electrons. The van der Waals surface area contributed by atoms with Crippen LogP contribution in [0.4, 0.5) is 0 Å². The molecule has 0 amide bonds. The molecule has 0 fully saturated rings. The number of allylic oxidation sites excluding steroid dienone is 8. The number of rotatable bonds is 6. The second kappa shape index (κ2) is 8.76. The number of hydrogen-bond donors (Lipinski definition) is 1. The van der Waals surface area contributed by atoms with Gasteiger partial charge in [0.1, 0.15) is 0 Å². The van der Waals surface area contributed by atoms with E-state index in [0.29, 0.717) is 12.8 Å². The highest BCUT2D eigenvalue weighted by atomic mass is 16.2. The number of aliphatic hydroxyl groups excluding tert-OH is 1. The Morgan fingerprint density at radius 1 is 1.36 bits per heavy atom. The minimum atomic E-state index is 0.129. The molecule has 0 spiro atoms. The van der Waals surface area contributed by atoms with Crippen molar-refractivity contribution in [3.05, 3.63) is 46.6 Å². The molecular weight excluding hydrogens is 270 g/mol. The van der Waals surface area contributed by atoms with Crippen LogP contribution in [0, 0.1) is 16.7 Å². The smallest absolute Gasteiger partial charge is 0.0947 e. The Labute approximate surface area is 135 Å². The van der Waals surface area contributed by atoms with Crippen LogP contribution >= 0.6 is 0 Å². The molecule has 2 nitrogen and oxygen atoms in total. The molecule has 1 rings (SSSR count). The first-order valence-electron chi connectivity index (χ1n) is 8.17. The quantitative estimate of drug-likeness (QED) is 0.538. The fourth-order valence-electron chi connectivity index (χ4n) is 2.96. The van der Waals surface area contributed by atoms with Crippen molar-refractivity contribution in [1.29, 1.82) is 5.26 Å². The van der Waals surface area contributed by atoms with Gasteiger partial charge in [0.05, 0.1) is 6.07 Å². The SMILES string of the molecule is CC1=C(/C=C/C(C)=C/C=C(\C#N)CCCO)C(C)(C)CCC1. The van der Waals surface area contributed by atoms with Gasteiger partial charge in [-0.15, -0.1) is 0 Å². The van der Waals surface area contributed by atoms with Gasteiger partial charge in [-0.25, -0.2) is 0 Å². The van der Waals surface area contributed by atoms with Gasteiger partial charge in [0.25, 0.3) is 0 Å². The lowest BCUT2D eigenvalue weighted by Crippen LogP contribution is -2.19. The van der Waals surface area contributed by atoms with Gasteiger partial charge < -0.3 is 5.11 Å². The Bertz CT molecular complexity index is 539. The summed E-state index contributed by atoms with van der Waals surface area (Å²) in [6.45, 7) is 9.06. The van der Waals surface area contributed by atoms with Gasteiger partial charge in [0, 0.05) is 12.2 Å². The van der Waals surface area contributed by atoms with Gasteiger partial charge in [-0.3, -0.25) is 0 Å². The predicted octanol–water partition coefficient (Wildman–Crippen LogP) is 5.24. The van der Waals surface area contributed by atoms with Gasteiger partial charge in [0.2, 0.25) is 0 Å². The van der Waals surface area contributed by atoms with Crippen molar-refractivity contribution in [2.24, 2.45) is 5.41 Å². The molecule has 120 valence electrons. The highest BCUT2D eigenvalue weighted by Gasteiger charge is 2.26. The molecule has 2 heteroatoms. The summed E-state index contributed by atoms with van der Waals surface area (Å²) in [5.41, 5.74) is 5.06. The van der Waals surface area contributed by atoms with Crippen molar-refractivity contribution < 1.29 is 5.11 Å². The first-order valence-corrected chi connectivity index (χ1v) is 8.17. The van der Waals surface area contributed by atoms with Gasteiger partial charge in [-0.2, -0.15) is 5.26 Å². The van der Waals surface area contributed by atoms with Crippen LogP contribution in [0.3, 0.4) is 0 Å². The zero-order valence-electron chi connectivity index (χ0n) is 14.4. The van der Waals surface area contributed by atoms with Gasteiger partial charge in [-0.05, 0) is 63.0 Å². The predicted molar refractivity (Wildman–Crippen MR) is 93.2 cm³/mol. The topological polar surface area (TPSA) is 44.0 Å². The second-order valence-corrected chi connectivity index (χ2v) is 6.81. The average molecular weight is 299 g/mol. The molecule has 0 heterocycles. The summed E-state index contributed by atoms with van der Waals surface area (Å²) in [6.07, 6.45) is 13.2. The maximum absolute atomic E-state index is 9.05. The first kappa shape index (κ1) is 18.5. The lowest BCUT2D eigenvalue weighted by atomic mass is 9.72. The molecule has 0 saturated heterocycles. The molecule has 0 atom stereocenters. The third kappa shape index (κ3) is 5.66. The normalized spacial score (nSPS) is 19.6. The maximum Gasteiger partial charge on any atom is 0.0947 e. The number of nitrogens with zero attached hydrogens (tertiary/aromatic N) is 1. The van der Waals surface area contributed by atoms with Crippen molar-refractivity contribution in [3.8, 4) is 6.07 Å². The Hall–Kier alpha value is -1.59. The highest BCUT2D eigenvalue weighted by molar-refractivity contribution is 5.37. The van der Waals surface area contributed by atoms with Crippen LogP contribution in [-0.4, -0.2) is 11.7 Å². The summed E-state index contributed by atoms with van der Waals surface area (Å²) in [5.74, 6) is 0. The van der Waals surface area contributed by atoms with Crippen LogP contribution in [0.5, 0.6) is 0 Å². The summed E-state index contributed by atoms with van der Waals surface area (Å²) in [6, 6.07) is 2.19. The Kier molecular flexibility index (Phi) is 7.35. The zero-order valence-corrected chi connectivity index (χ0v) is 14.4. The molecule has 1 aliphatic rings. The fourth-order valence-corrected chi connectivity index (χ4v) is 2.96. The molecule has 0 aliphatic heterocycles. The molecular formula is C20H29NO. The Balaban J connectivity index is 2.83. The van der Waals surface area contributed by atoms with Crippen LogP contribution < -0.4 is 0 Å². The van der Waals surface area contributed by atoms with Crippen LogP contribution in [0.2, 0.25) is 0 Å². The fraction of sp³-hybridized carbons (Fsp3) is 0.550. The van der Waals surface area contributed by atoms with E-state index in [0.717, 1.165) is 11.1 Å². The van der Waals surface area contributed by atoms with Crippen molar-refractivity contribution in [2.75, 3.05) is 6.61 Å². The van der Waals surface area contributed by atoms with E-state index in [9.17, 15) is 0 Å². The van der Waals surface area contributed by atoms with Gasteiger partial charge >= 0.3 is 0 Å². The van der Waals surface area contributed by atoms with E-state index >= 15 is 0 Å². The number of aliphatic hydroxyl groups is 1. The second-order valence-electron chi connectivity index (χ2n) is 6.81. The van der Waals surface area contributed by atoms with Crippen LogP contribution in [0.15, 0.2) is 46.6 Å². The summed E-state index contributed by atoms with van der Waals surface area (Å²) >= 11 is 0. The number of nitriles is 1. The van der Waals surface area contributed by atoms with E-state index in [1.165, 1.54) is 30.4 Å². The monoisotopic (exact) mass is 299 g/mol. The van der Waals surface area contributed by atoms with E-state index in [1.807, 2.05) is 12.2 Å². The molecule has 0 aromatic carbocycles. The summed E-state index contributed by atoms with van der Waals surface area (Å²) < 4.78 is 0. The maximum atomic E-state index is 9.05. The van der Waals surface area contributed by atoms with E-state index in [4.69, 9.17) is 10.4 Å². The van der Waals surface area contributed by atoms with Crippen molar-refractivity contribution in [3.63, 3.8) is 0 Å². The molecule has 0 unspecified atom stereocenters. The molecule has 0 bridgehead atoms. The van der Waals surface area contributed by atoms with E-state index in [1.54, 1.807) is 0 Å². The van der Waals surface area contributed by atoms with E-state index in [2.05, 4.69) is 45.9 Å². The minimum absolute atomic E-state index is 0.129. The summed E-state index contributed by atoms with van der Waals surface area (Å²) in [7, 11) is 0. The van der Waals surface area contributed by atoms with Gasteiger partial charge in [-0.1, -0.05) is 43.2 Å². The molecule has 1 N–H and O–H groups in total. The van der Waals surface area contributed by atoms with Crippen molar-refractivity contribution in [1.82, 2.24) is 0 Å². The third-order valence-electron chi connectivity index (χ3n) is 4.35. The van der Waals surface area contributed by atoms with Crippen LogP contribution in [0.25, 0.3) is 0 Å². The lowest BCUT2D eigenvalue weighted by Gasteiger charge is -2.32. The van der Waals surface area contributed by atoms with Crippen LogP contribution in [-0.2, 0) is 0 Å². The third-order valence-corrected chi connectivity index (χ3v) is 4.35. The van der Waals surface area contributed by atoms with E-state index < -0.39 is 0 Å². The standard InChI is InChI=1S/C20H29NO/c1-16(9-11-18(15-21)8-6-14-22)10-12-19-17(2)7-5-13-20(19,3)4/h9-12,22H,5-8,13-14H2,1-4H3/b12-10+,16-9+,18-11-.